The van der Waals surface area contributed by atoms with Gasteiger partial charge in [0, 0.05) is 25.2 Å². The Balaban J connectivity index is 2.23. The van der Waals surface area contributed by atoms with Crippen LogP contribution in [-0.2, 0) is 0 Å². The zero-order valence-electron chi connectivity index (χ0n) is 13.3. The number of likely N-dealkylation sites (N-methyl/N-ethyl adjacent to an activating group) is 1. The number of anilines is 1. The number of nitrogens with one attached hydrogen (secondary N) is 1. The number of halogens is 1. The first-order valence-electron chi connectivity index (χ1n) is 7.48. The number of hydrogen-bond acceptors (Lipinski definition) is 4. The number of nitrogens with zero attached hydrogens (tertiary/aromatic N) is 2. The average Bonchev–Trinajstić information content (AvgIpc) is 2.77. The summed E-state index contributed by atoms with van der Waals surface area (Å²) in [5, 5.41) is 14.0. The minimum absolute atomic E-state index is 0.276. The van der Waals surface area contributed by atoms with E-state index in [1.165, 1.54) is 5.56 Å². The van der Waals surface area contributed by atoms with Gasteiger partial charge >= 0.3 is 0 Å². The van der Waals surface area contributed by atoms with Gasteiger partial charge in [-0.05, 0) is 52.2 Å². The van der Waals surface area contributed by atoms with Crippen molar-refractivity contribution in [2.24, 2.45) is 0 Å². The van der Waals surface area contributed by atoms with E-state index in [0.29, 0.717) is 12.6 Å². The highest BCUT2D eigenvalue weighted by molar-refractivity contribution is 6.33. The molecule has 21 heavy (non-hydrogen) atoms. The summed E-state index contributed by atoms with van der Waals surface area (Å²) in [4.78, 5) is 4.39. The van der Waals surface area contributed by atoms with Crippen molar-refractivity contribution >= 4 is 17.3 Å². The Morgan fingerprint density at radius 3 is 2.76 bits per heavy atom. The lowest BCUT2D eigenvalue weighted by Crippen LogP contribution is -2.37. The van der Waals surface area contributed by atoms with Crippen molar-refractivity contribution in [3.05, 3.63) is 28.8 Å². The first-order valence-corrected chi connectivity index (χ1v) is 7.86. The molecular weight excluding hydrogens is 286 g/mol. The Labute approximate surface area is 132 Å². The molecular formula is C16H26ClN3O. The molecule has 0 bridgehead atoms. The first kappa shape index (κ1) is 16.6. The van der Waals surface area contributed by atoms with Crippen LogP contribution in [-0.4, -0.2) is 56.4 Å². The van der Waals surface area contributed by atoms with Crippen LogP contribution in [0.15, 0.2) is 18.2 Å². The van der Waals surface area contributed by atoms with Crippen molar-refractivity contribution in [2.45, 2.75) is 31.5 Å². The Morgan fingerprint density at radius 1 is 1.48 bits per heavy atom. The van der Waals surface area contributed by atoms with E-state index < -0.39 is 0 Å². The summed E-state index contributed by atoms with van der Waals surface area (Å²) in [6.45, 7) is 3.68. The van der Waals surface area contributed by atoms with Crippen LogP contribution >= 0.6 is 11.6 Å². The van der Waals surface area contributed by atoms with Gasteiger partial charge in [0.25, 0.3) is 0 Å². The smallest absolute Gasteiger partial charge is 0.0735 e. The molecule has 0 aromatic heterocycles. The van der Waals surface area contributed by atoms with E-state index in [9.17, 15) is 5.11 Å². The summed E-state index contributed by atoms with van der Waals surface area (Å²) in [6, 6.07) is 6.79. The highest BCUT2D eigenvalue weighted by Gasteiger charge is 2.32. The lowest BCUT2D eigenvalue weighted by Gasteiger charge is -2.29. The second kappa shape index (κ2) is 6.97. The van der Waals surface area contributed by atoms with Gasteiger partial charge < -0.3 is 20.2 Å². The molecule has 1 fully saturated rings. The van der Waals surface area contributed by atoms with Gasteiger partial charge in [-0.1, -0.05) is 17.7 Å². The van der Waals surface area contributed by atoms with Crippen LogP contribution < -0.4 is 10.2 Å². The van der Waals surface area contributed by atoms with E-state index >= 15 is 0 Å². The molecule has 5 heteroatoms. The molecule has 0 radical (unpaired) electrons. The monoisotopic (exact) mass is 311 g/mol. The van der Waals surface area contributed by atoms with E-state index in [2.05, 4.69) is 48.3 Å². The predicted octanol–water partition coefficient (Wildman–Crippen LogP) is 2.12. The van der Waals surface area contributed by atoms with Gasteiger partial charge in [-0.3, -0.25) is 0 Å². The van der Waals surface area contributed by atoms with Crippen LogP contribution in [0.25, 0.3) is 0 Å². The molecule has 2 rings (SSSR count). The molecule has 4 nitrogen and oxygen atoms in total. The number of benzene rings is 1. The van der Waals surface area contributed by atoms with Crippen LogP contribution in [0.4, 0.5) is 5.69 Å². The number of β-amino-alcohol motifs (C(OH)–C–C–N with tert-alkyl or cyclic N) is 1. The molecule has 1 aliphatic heterocycles. The molecule has 0 amide bonds. The van der Waals surface area contributed by atoms with Crippen molar-refractivity contribution in [3.63, 3.8) is 0 Å². The van der Waals surface area contributed by atoms with Crippen LogP contribution in [0.5, 0.6) is 0 Å². The number of hydrogen-bond donors (Lipinski definition) is 2. The van der Waals surface area contributed by atoms with E-state index in [4.69, 9.17) is 11.6 Å². The second-order valence-corrected chi connectivity index (χ2v) is 6.59. The first-order chi connectivity index (χ1) is 9.92. The lowest BCUT2D eigenvalue weighted by molar-refractivity contribution is 0.191. The van der Waals surface area contributed by atoms with Gasteiger partial charge in [-0.25, -0.2) is 0 Å². The number of aliphatic hydroxyl groups is 1. The van der Waals surface area contributed by atoms with E-state index in [1.54, 1.807) is 0 Å². The Hall–Kier alpha value is -0.810. The fraction of sp³-hybridized carbons (Fsp3) is 0.625. The SMILES string of the molecule is CNC(C)c1ccc(N2CC(O)CC2CN(C)C)c(Cl)c1. The van der Waals surface area contributed by atoms with Crippen LogP contribution in [0.2, 0.25) is 5.02 Å². The van der Waals surface area contributed by atoms with Gasteiger partial charge in [-0.15, -0.1) is 0 Å². The van der Waals surface area contributed by atoms with Crippen molar-refractivity contribution in [1.82, 2.24) is 10.2 Å². The summed E-state index contributed by atoms with van der Waals surface area (Å²) < 4.78 is 0. The third kappa shape index (κ3) is 3.89. The third-order valence-electron chi connectivity index (χ3n) is 4.18. The van der Waals surface area contributed by atoms with Crippen molar-refractivity contribution < 1.29 is 5.11 Å². The highest BCUT2D eigenvalue weighted by Crippen LogP contribution is 2.34. The number of rotatable bonds is 5. The van der Waals surface area contributed by atoms with Crippen molar-refractivity contribution in [2.75, 3.05) is 39.1 Å². The maximum atomic E-state index is 10.0. The van der Waals surface area contributed by atoms with Crippen LogP contribution in [0.1, 0.15) is 24.9 Å². The molecule has 2 N–H and O–H groups in total. The maximum Gasteiger partial charge on any atom is 0.0735 e. The normalized spacial score (nSPS) is 23.9. The molecule has 1 saturated heterocycles. The van der Waals surface area contributed by atoms with Gasteiger partial charge in [0.15, 0.2) is 0 Å². The topological polar surface area (TPSA) is 38.7 Å². The lowest BCUT2D eigenvalue weighted by atomic mass is 10.1. The van der Waals surface area contributed by atoms with Gasteiger partial charge in [0.05, 0.1) is 16.8 Å². The summed E-state index contributed by atoms with van der Waals surface area (Å²) in [6.07, 6.45) is 0.519. The highest BCUT2D eigenvalue weighted by atomic mass is 35.5. The molecule has 118 valence electrons. The summed E-state index contributed by atoms with van der Waals surface area (Å²) in [5.74, 6) is 0. The Bertz CT molecular complexity index is 481. The minimum Gasteiger partial charge on any atom is -0.391 e. The molecule has 1 heterocycles. The molecule has 1 aromatic carbocycles. The molecule has 0 spiro atoms. The van der Waals surface area contributed by atoms with Gasteiger partial charge in [-0.2, -0.15) is 0 Å². The Morgan fingerprint density at radius 2 is 2.19 bits per heavy atom. The second-order valence-electron chi connectivity index (χ2n) is 6.18. The average molecular weight is 312 g/mol. The maximum absolute atomic E-state index is 10.0. The predicted molar refractivity (Wildman–Crippen MR) is 89.2 cm³/mol. The van der Waals surface area contributed by atoms with Gasteiger partial charge in [0.2, 0.25) is 0 Å². The molecule has 1 aromatic rings. The Kier molecular flexibility index (Phi) is 5.49. The summed E-state index contributed by atoms with van der Waals surface area (Å²) in [5.41, 5.74) is 2.20. The zero-order chi connectivity index (χ0) is 15.6. The quantitative estimate of drug-likeness (QED) is 0.874. The molecule has 3 unspecified atom stereocenters. The molecule has 0 aliphatic carbocycles. The minimum atomic E-state index is -0.276. The molecule has 3 atom stereocenters. The third-order valence-corrected chi connectivity index (χ3v) is 4.49. The largest absolute Gasteiger partial charge is 0.391 e. The fourth-order valence-electron chi connectivity index (χ4n) is 2.97. The zero-order valence-corrected chi connectivity index (χ0v) is 14.1. The van der Waals surface area contributed by atoms with Crippen molar-refractivity contribution in [1.29, 1.82) is 0 Å². The summed E-state index contributed by atoms with van der Waals surface area (Å²) in [7, 11) is 6.06. The standard InChI is InChI=1S/C16H26ClN3O/c1-11(18-2)12-5-6-16(15(17)7-12)20-10-14(21)8-13(20)9-19(3)4/h5-7,11,13-14,18,21H,8-10H2,1-4H3. The van der Waals surface area contributed by atoms with Crippen LogP contribution in [0, 0.1) is 0 Å². The molecule has 1 aliphatic rings. The number of aliphatic hydroxyl groups excluding tert-OH is 1. The van der Waals surface area contributed by atoms with Crippen LogP contribution in [0.3, 0.4) is 0 Å². The van der Waals surface area contributed by atoms with E-state index in [-0.39, 0.29) is 12.1 Å². The summed E-state index contributed by atoms with van der Waals surface area (Å²) >= 11 is 6.50. The fourth-order valence-corrected chi connectivity index (χ4v) is 3.27. The van der Waals surface area contributed by atoms with Crippen molar-refractivity contribution in [3.8, 4) is 0 Å². The van der Waals surface area contributed by atoms with E-state index in [0.717, 1.165) is 23.7 Å². The van der Waals surface area contributed by atoms with E-state index in [1.807, 2.05) is 13.1 Å². The molecule has 0 saturated carbocycles. The van der Waals surface area contributed by atoms with Gasteiger partial charge in [0.1, 0.15) is 0 Å².